The first kappa shape index (κ1) is 10.6. The molecule has 0 fully saturated rings. The molecule has 1 heterocycles. The summed E-state index contributed by atoms with van der Waals surface area (Å²) in [6.45, 7) is 0. The van der Waals surface area contributed by atoms with Gasteiger partial charge in [-0.3, -0.25) is 0 Å². The molecule has 0 saturated carbocycles. The van der Waals surface area contributed by atoms with E-state index in [1.165, 1.54) is 21.9 Å². The zero-order valence-electron chi connectivity index (χ0n) is 10.5. The Morgan fingerprint density at radius 2 is 1.58 bits per heavy atom. The Hall–Kier alpha value is -2.28. The lowest BCUT2D eigenvalue weighted by Gasteiger charge is -2.13. The highest BCUT2D eigenvalue weighted by Crippen LogP contribution is 2.38. The van der Waals surface area contributed by atoms with Gasteiger partial charge in [-0.25, -0.2) is 0 Å². The van der Waals surface area contributed by atoms with Gasteiger partial charge in [-0.1, -0.05) is 60.7 Å². The van der Waals surface area contributed by atoms with Crippen molar-refractivity contribution in [3.8, 4) is 5.75 Å². The topological polar surface area (TPSA) is 9.23 Å². The molecule has 0 aromatic heterocycles. The molecule has 4 rings (SSSR count). The van der Waals surface area contributed by atoms with Crippen LogP contribution in [0.5, 0.6) is 5.75 Å². The molecule has 1 aliphatic rings. The second-order valence-corrected chi connectivity index (χ2v) is 4.99. The van der Waals surface area contributed by atoms with E-state index in [0.717, 1.165) is 12.2 Å². The minimum absolute atomic E-state index is 0.142. The maximum atomic E-state index is 6.10. The van der Waals surface area contributed by atoms with Gasteiger partial charge in [0.2, 0.25) is 0 Å². The van der Waals surface area contributed by atoms with Gasteiger partial charge in [-0.2, -0.15) is 0 Å². The summed E-state index contributed by atoms with van der Waals surface area (Å²) >= 11 is 0. The summed E-state index contributed by atoms with van der Waals surface area (Å²) in [5.74, 6) is 1.03. The summed E-state index contributed by atoms with van der Waals surface area (Å²) in [7, 11) is 0. The summed E-state index contributed by atoms with van der Waals surface area (Å²) in [4.78, 5) is 0. The van der Waals surface area contributed by atoms with Gasteiger partial charge in [0.25, 0.3) is 0 Å². The van der Waals surface area contributed by atoms with Crippen molar-refractivity contribution in [2.24, 2.45) is 0 Å². The Balaban J connectivity index is 1.81. The van der Waals surface area contributed by atoms with Crippen LogP contribution in [-0.4, -0.2) is 0 Å². The van der Waals surface area contributed by atoms with Crippen molar-refractivity contribution in [2.75, 3.05) is 0 Å². The molecular weight excluding hydrogens is 232 g/mol. The van der Waals surface area contributed by atoms with Gasteiger partial charge in [-0.05, 0) is 22.4 Å². The van der Waals surface area contributed by atoms with Crippen LogP contribution in [0.1, 0.15) is 17.2 Å². The van der Waals surface area contributed by atoms with Crippen LogP contribution in [-0.2, 0) is 6.42 Å². The van der Waals surface area contributed by atoms with Crippen LogP contribution < -0.4 is 4.74 Å². The van der Waals surface area contributed by atoms with Crippen LogP contribution in [0, 0.1) is 0 Å². The van der Waals surface area contributed by atoms with Crippen LogP contribution >= 0.6 is 0 Å². The summed E-state index contributed by atoms with van der Waals surface area (Å²) < 4.78 is 6.10. The highest BCUT2D eigenvalue weighted by atomic mass is 16.5. The van der Waals surface area contributed by atoms with Crippen molar-refractivity contribution in [1.29, 1.82) is 0 Å². The van der Waals surface area contributed by atoms with E-state index in [-0.39, 0.29) is 6.10 Å². The predicted molar refractivity (Wildman–Crippen MR) is 77.5 cm³/mol. The molecule has 19 heavy (non-hydrogen) atoms. The number of benzene rings is 3. The first-order valence-corrected chi connectivity index (χ1v) is 6.64. The van der Waals surface area contributed by atoms with Crippen LogP contribution in [0.3, 0.4) is 0 Å². The Morgan fingerprint density at radius 3 is 2.53 bits per heavy atom. The minimum Gasteiger partial charge on any atom is -0.485 e. The Morgan fingerprint density at radius 1 is 0.789 bits per heavy atom. The highest BCUT2D eigenvalue weighted by Gasteiger charge is 2.24. The summed E-state index contributed by atoms with van der Waals surface area (Å²) in [5, 5.41) is 2.57. The van der Waals surface area contributed by atoms with Crippen molar-refractivity contribution < 1.29 is 4.74 Å². The fourth-order valence-corrected chi connectivity index (χ4v) is 2.89. The number of hydrogen-bond acceptors (Lipinski definition) is 1. The molecule has 0 N–H and O–H groups in total. The van der Waals surface area contributed by atoms with Crippen molar-refractivity contribution >= 4 is 10.8 Å². The average molecular weight is 246 g/mol. The van der Waals surface area contributed by atoms with E-state index >= 15 is 0 Å². The third-order valence-corrected chi connectivity index (χ3v) is 3.82. The Bertz CT molecular complexity index is 715. The number of fused-ring (bicyclic) bond motifs is 2. The highest BCUT2D eigenvalue weighted by molar-refractivity contribution is 5.86. The molecule has 1 aliphatic heterocycles. The van der Waals surface area contributed by atoms with Gasteiger partial charge >= 0.3 is 0 Å². The smallest absolute Gasteiger partial charge is 0.128 e. The van der Waals surface area contributed by atoms with Crippen molar-refractivity contribution in [3.05, 3.63) is 77.9 Å². The number of hydrogen-bond donors (Lipinski definition) is 0. The average Bonchev–Trinajstić information content (AvgIpc) is 2.90. The minimum atomic E-state index is 0.142. The molecule has 3 aromatic carbocycles. The lowest BCUT2D eigenvalue weighted by atomic mass is 9.97. The largest absolute Gasteiger partial charge is 0.485 e. The number of rotatable bonds is 1. The maximum Gasteiger partial charge on any atom is 0.128 e. The van der Waals surface area contributed by atoms with Gasteiger partial charge < -0.3 is 4.74 Å². The van der Waals surface area contributed by atoms with Gasteiger partial charge in [0, 0.05) is 12.0 Å². The maximum absolute atomic E-state index is 6.10. The van der Waals surface area contributed by atoms with E-state index in [2.05, 4.69) is 60.7 Å². The molecule has 1 atom stereocenters. The van der Waals surface area contributed by atoms with Crippen LogP contribution in [0.4, 0.5) is 0 Å². The van der Waals surface area contributed by atoms with Crippen LogP contribution in [0.25, 0.3) is 10.8 Å². The van der Waals surface area contributed by atoms with Crippen LogP contribution in [0.15, 0.2) is 66.7 Å². The van der Waals surface area contributed by atoms with Crippen LogP contribution in [0.2, 0.25) is 0 Å². The SMILES string of the molecule is c1ccc2c(c1)CC(c1cccc3ccccc13)O2. The Kier molecular flexibility index (Phi) is 2.31. The summed E-state index contributed by atoms with van der Waals surface area (Å²) in [5.41, 5.74) is 2.59. The fraction of sp³-hybridized carbons (Fsp3) is 0.111. The van der Waals surface area contributed by atoms with Gasteiger partial charge in [-0.15, -0.1) is 0 Å². The number of para-hydroxylation sites is 1. The fourth-order valence-electron chi connectivity index (χ4n) is 2.89. The molecule has 0 bridgehead atoms. The van der Waals surface area contributed by atoms with E-state index in [1.807, 2.05) is 6.07 Å². The van der Waals surface area contributed by atoms with Gasteiger partial charge in [0.1, 0.15) is 11.9 Å². The molecule has 0 spiro atoms. The molecule has 1 nitrogen and oxygen atoms in total. The van der Waals surface area contributed by atoms with E-state index < -0.39 is 0 Å². The Labute approximate surface area is 112 Å². The lowest BCUT2D eigenvalue weighted by molar-refractivity contribution is 0.240. The first-order chi connectivity index (χ1) is 9.42. The molecule has 0 amide bonds. The van der Waals surface area contributed by atoms with E-state index in [0.29, 0.717) is 0 Å². The predicted octanol–water partition coefficient (Wildman–Crippen LogP) is 4.52. The van der Waals surface area contributed by atoms with Crippen molar-refractivity contribution in [3.63, 3.8) is 0 Å². The van der Waals surface area contributed by atoms with Gasteiger partial charge in [0.15, 0.2) is 0 Å². The first-order valence-electron chi connectivity index (χ1n) is 6.64. The third kappa shape index (κ3) is 1.70. The second-order valence-electron chi connectivity index (χ2n) is 4.99. The van der Waals surface area contributed by atoms with E-state index in [9.17, 15) is 0 Å². The molecule has 0 radical (unpaired) electrons. The number of ether oxygens (including phenoxy) is 1. The third-order valence-electron chi connectivity index (χ3n) is 3.82. The van der Waals surface area contributed by atoms with E-state index in [4.69, 9.17) is 4.74 Å². The summed E-state index contributed by atoms with van der Waals surface area (Å²) in [6.07, 6.45) is 1.10. The van der Waals surface area contributed by atoms with E-state index in [1.54, 1.807) is 0 Å². The monoisotopic (exact) mass is 246 g/mol. The molecule has 1 unspecified atom stereocenters. The van der Waals surface area contributed by atoms with Crippen molar-refractivity contribution in [2.45, 2.75) is 12.5 Å². The molecule has 1 heteroatoms. The van der Waals surface area contributed by atoms with Crippen molar-refractivity contribution in [1.82, 2.24) is 0 Å². The summed E-state index contributed by atoms with van der Waals surface area (Å²) in [6, 6.07) is 23.3. The molecule has 0 aliphatic carbocycles. The lowest BCUT2D eigenvalue weighted by Crippen LogP contribution is -2.03. The molecule has 92 valence electrons. The molecule has 0 saturated heterocycles. The zero-order valence-corrected chi connectivity index (χ0v) is 10.5. The second kappa shape index (κ2) is 4.13. The molecule has 3 aromatic rings. The quantitative estimate of drug-likeness (QED) is 0.613. The normalized spacial score (nSPS) is 17.2. The standard InChI is InChI=1S/C18H14O/c1-3-9-15-13(6-1)8-5-10-16(15)18-12-14-7-2-4-11-17(14)19-18/h1-11,18H,12H2. The zero-order chi connectivity index (χ0) is 12.7. The van der Waals surface area contributed by atoms with Gasteiger partial charge in [0.05, 0.1) is 0 Å². The molecular formula is C18H14O.